The smallest absolute Gasteiger partial charge is 0.194 e. The van der Waals surface area contributed by atoms with Crippen molar-refractivity contribution in [1.29, 1.82) is 0 Å². The number of hydrogen-bond donors (Lipinski definition) is 3. The summed E-state index contributed by atoms with van der Waals surface area (Å²) in [5.41, 5.74) is 0.731. The molecule has 1 fully saturated rings. The quantitative estimate of drug-likeness (QED) is 0.323. The molecule has 1 saturated heterocycles. The highest BCUT2D eigenvalue weighted by Crippen LogP contribution is 2.39. The summed E-state index contributed by atoms with van der Waals surface area (Å²) in [5, 5.41) is 44.7. The fraction of sp³-hybridized carbons (Fsp3) is 0.261. The second kappa shape index (κ2) is 10.0. The van der Waals surface area contributed by atoms with Crippen LogP contribution in [-0.2, 0) is 4.74 Å². The Morgan fingerprint density at radius 3 is 2.38 bits per heavy atom. The summed E-state index contributed by atoms with van der Waals surface area (Å²) in [6.45, 7) is -0.599. The van der Waals surface area contributed by atoms with Crippen LogP contribution in [0.4, 0.5) is 13.2 Å². The number of benzene rings is 2. The summed E-state index contributed by atoms with van der Waals surface area (Å²) in [6, 6.07) is 6.67. The molecule has 2 aromatic carbocycles. The van der Waals surface area contributed by atoms with Crippen molar-refractivity contribution in [2.75, 3.05) is 6.61 Å². The van der Waals surface area contributed by atoms with Crippen LogP contribution < -0.4 is 0 Å². The maximum Gasteiger partial charge on any atom is 0.194 e. The zero-order valence-corrected chi connectivity index (χ0v) is 20.1. The van der Waals surface area contributed by atoms with Gasteiger partial charge in [0.15, 0.2) is 17.5 Å². The van der Waals surface area contributed by atoms with E-state index in [4.69, 9.17) is 27.9 Å². The van der Waals surface area contributed by atoms with E-state index < -0.39 is 54.5 Å². The van der Waals surface area contributed by atoms with Gasteiger partial charge in [-0.2, -0.15) is 5.10 Å². The van der Waals surface area contributed by atoms with Gasteiger partial charge in [0.2, 0.25) is 0 Å². The molecule has 1 aliphatic heterocycles. The molecule has 5 atom stereocenters. The number of halogens is 5. The maximum absolute atomic E-state index is 13.7. The van der Waals surface area contributed by atoms with Gasteiger partial charge >= 0.3 is 0 Å². The number of aliphatic hydroxyl groups excluding tert-OH is 3. The van der Waals surface area contributed by atoms with Crippen molar-refractivity contribution in [3.63, 3.8) is 0 Å². The molecular formula is C23H18Cl2F3N5O4. The third-order valence-corrected chi connectivity index (χ3v) is 6.84. The Morgan fingerprint density at radius 2 is 1.70 bits per heavy atom. The van der Waals surface area contributed by atoms with Crippen LogP contribution in [0.2, 0.25) is 10.0 Å². The summed E-state index contributed by atoms with van der Waals surface area (Å²) in [4.78, 5) is 0. The normalized spacial score (nSPS) is 23.9. The lowest BCUT2D eigenvalue weighted by Crippen LogP contribution is -2.53. The lowest BCUT2D eigenvalue weighted by atomic mass is 9.91. The van der Waals surface area contributed by atoms with Gasteiger partial charge in [0.05, 0.1) is 34.2 Å². The van der Waals surface area contributed by atoms with Crippen molar-refractivity contribution in [2.24, 2.45) is 0 Å². The van der Waals surface area contributed by atoms with E-state index >= 15 is 0 Å². The summed E-state index contributed by atoms with van der Waals surface area (Å²) in [6.07, 6.45) is -2.47. The molecule has 3 N–H and O–H groups in total. The first-order valence-corrected chi connectivity index (χ1v) is 11.6. The molecule has 0 spiro atoms. The molecule has 9 nitrogen and oxygen atoms in total. The predicted molar refractivity (Wildman–Crippen MR) is 125 cm³/mol. The van der Waals surface area contributed by atoms with Crippen LogP contribution in [-0.4, -0.2) is 65.0 Å². The van der Waals surface area contributed by atoms with Gasteiger partial charge in [-0.25, -0.2) is 22.5 Å². The minimum absolute atomic E-state index is 0.0401. The van der Waals surface area contributed by atoms with Gasteiger partial charge in [-0.1, -0.05) is 28.4 Å². The molecule has 37 heavy (non-hydrogen) atoms. The molecule has 0 unspecified atom stereocenters. The van der Waals surface area contributed by atoms with E-state index in [1.165, 1.54) is 17.1 Å². The highest BCUT2D eigenvalue weighted by atomic mass is 35.5. The van der Waals surface area contributed by atoms with Crippen molar-refractivity contribution in [3.05, 3.63) is 82.0 Å². The minimum Gasteiger partial charge on any atom is -0.394 e. The molecule has 2 aromatic heterocycles. The van der Waals surface area contributed by atoms with Crippen LogP contribution in [0.1, 0.15) is 17.8 Å². The van der Waals surface area contributed by atoms with Crippen LogP contribution in [0.25, 0.3) is 16.9 Å². The molecule has 0 bridgehead atoms. The van der Waals surface area contributed by atoms with Gasteiger partial charge in [-0.3, -0.25) is 0 Å². The molecule has 5 rings (SSSR count). The van der Waals surface area contributed by atoms with Crippen LogP contribution in [0, 0.1) is 17.5 Å². The molecule has 3 heterocycles. The van der Waals surface area contributed by atoms with Gasteiger partial charge in [-0.05, 0) is 36.4 Å². The predicted octanol–water partition coefficient (Wildman–Crippen LogP) is 3.25. The maximum atomic E-state index is 13.7. The molecular weight excluding hydrogens is 538 g/mol. The van der Waals surface area contributed by atoms with Gasteiger partial charge in [0, 0.05) is 11.8 Å². The standard InChI is InChI=1S/C23H18Cl2F3N5O4/c24-12-2-1-11(7-13(12)25)33-17(3-4-29-33)23-22(36)20(21(35)18(9-34)37-23)32-8-16(30-31-32)10-5-14(26)19(28)15(27)6-10/h1-8,18,20-23,34-36H,9H2/t18-,20+,21+,22-,23+/m1/s1. The molecule has 14 heteroatoms. The summed E-state index contributed by atoms with van der Waals surface area (Å²) < 4.78 is 49.2. The first-order valence-electron chi connectivity index (χ1n) is 10.9. The van der Waals surface area contributed by atoms with Crippen molar-refractivity contribution >= 4 is 23.2 Å². The number of aliphatic hydroxyl groups is 3. The average Bonchev–Trinajstić information content (AvgIpc) is 3.55. The minimum atomic E-state index is -1.63. The molecule has 0 radical (unpaired) electrons. The van der Waals surface area contributed by atoms with Crippen LogP contribution in [0.5, 0.6) is 0 Å². The van der Waals surface area contributed by atoms with Gasteiger partial charge < -0.3 is 20.1 Å². The Morgan fingerprint density at radius 1 is 0.973 bits per heavy atom. The first kappa shape index (κ1) is 25.6. The van der Waals surface area contributed by atoms with Crippen molar-refractivity contribution < 1.29 is 33.2 Å². The van der Waals surface area contributed by atoms with Crippen molar-refractivity contribution in [3.8, 4) is 16.9 Å². The fourth-order valence-electron chi connectivity index (χ4n) is 4.28. The zero-order valence-electron chi connectivity index (χ0n) is 18.6. The van der Waals surface area contributed by atoms with Gasteiger partial charge in [0.25, 0.3) is 0 Å². The van der Waals surface area contributed by atoms with E-state index in [2.05, 4.69) is 15.4 Å². The lowest BCUT2D eigenvalue weighted by Gasteiger charge is -2.42. The molecule has 1 aliphatic rings. The van der Waals surface area contributed by atoms with Crippen LogP contribution >= 0.6 is 23.2 Å². The van der Waals surface area contributed by atoms with Crippen LogP contribution in [0.15, 0.2) is 48.8 Å². The van der Waals surface area contributed by atoms with Gasteiger partial charge in [-0.15, -0.1) is 5.10 Å². The Hall–Kier alpha value is -3.00. The van der Waals surface area contributed by atoms with E-state index in [0.717, 1.165) is 16.8 Å². The van der Waals surface area contributed by atoms with Crippen molar-refractivity contribution in [1.82, 2.24) is 24.8 Å². The number of ether oxygens (including phenoxy) is 1. The number of nitrogens with zero attached hydrogens (tertiary/aromatic N) is 5. The Kier molecular flexibility index (Phi) is 6.96. The van der Waals surface area contributed by atoms with E-state index in [1.807, 2.05) is 0 Å². The highest BCUT2D eigenvalue weighted by molar-refractivity contribution is 6.42. The first-order chi connectivity index (χ1) is 17.7. The van der Waals surface area contributed by atoms with Crippen LogP contribution in [0.3, 0.4) is 0 Å². The zero-order chi connectivity index (χ0) is 26.4. The highest BCUT2D eigenvalue weighted by Gasteiger charge is 2.47. The number of aromatic nitrogens is 5. The molecule has 4 aromatic rings. The topological polar surface area (TPSA) is 118 Å². The second-order valence-electron chi connectivity index (χ2n) is 8.35. The number of rotatable bonds is 5. The fourth-order valence-corrected chi connectivity index (χ4v) is 4.57. The monoisotopic (exact) mass is 555 g/mol. The van der Waals surface area contributed by atoms with E-state index in [9.17, 15) is 28.5 Å². The van der Waals surface area contributed by atoms with E-state index in [1.54, 1.807) is 24.3 Å². The molecule has 194 valence electrons. The third-order valence-electron chi connectivity index (χ3n) is 6.10. The number of hydrogen-bond acceptors (Lipinski definition) is 7. The van der Waals surface area contributed by atoms with E-state index in [0.29, 0.717) is 16.4 Å². The lowest BCUT2D eigenvalue weighted by molar-refractivity contribution is -0.209. The van der Waals surface area contributed by atoms with Gasteiger partial charge in [0.1, 0.15) is 36.2 Å². The third kappa shape index (κ3) is 4.60. The SMILES string of the molecule is OC[C@H]1O[C@@H](c2ccnn2-c2ccc(Cl)c(Cl)c2)[C@H](O)[C@@H](n2cc(-c3cc(F)c(F)c(F)c3)nn2)[C@H]1O. The van der Waals surface area contributed by atoms with Crippen molar-refractivity contribution in [2.45, 2.75) is 30.5 Å². The largest absolute Gasteiger partial charge is 0.394 e. The summed E-state index contributed by atoms with van der Waals surface area (Å²) in [5.74, 6) is -4.45. The molecule has 0 amide bonds. The average molecular weight is 556 g/mol. The second-order valence-corrected chi connectivity index (χ2v) is 9.17. The molecule has 0 saturated carbocycles. The summed E-state index contributed by atoms with van der Waals surface area (Å²) in [7, 11) is 0. The van der Waals surface area contributed by atoms with E-state index in [-0.39, 0.29) is 16.3 Å². The Bertz CT molecular complexity index is 1430. The summed E-state index contributed by atoms with van der Waals surface area (Å²) >= 11 is 12.1. The Balaban J connectivity index is 1.52. The Labute approximate surface area is 217 Å². The molecule has 0 aliphatic carbocycles.